The third-order valence-corrected chi connectivity index (χ3v) is 6.64. The fourth-order valence-corrected chi connectivity index (χ4v) is 4.49. The van der Waals surface area contributed by atoms with Gasteiger partial charge in [-0.3, -0.25) is 9.59 Å². The number of allylic oxidation sites excluding steroid dienone is 4. The van der Waals surface area contributed by atoms with Crippen molar-refractivity contribution >= 4 is 22.4 Å². The van der Waals surface area contributed by atoms with E-state index < -0.39 is 13.0 Å². The predicted octanol–water partition coefficient (Wildman–Crippen LogP) is 2.18. The molecule has 1 aliphatic carbocycles. The standard InChI is InChI=1S/C27H29F2N7O3/c1-34(2)19-7-8-35(14-19)26(37)15-36-27(38)21-6-4-3-5-20(21)23(33-36)13-32-12-18-10-24(39-16-25(28)29)17(11-30)9-22(18)31/h3-6,9-10,12,19,25,31-32H,7-8,13-16H2,1-2H3/b18-12-,31-22?/t19-/m0/s1. The quantitative estimate of drug-likeness (QED) is 0.502. The summed E-state index contributed by atoms with van der Waals surface area (Å²) in [6, 6.07) is 9.09. The van der Waals surface area contributed by atoms with E-state index in [4.69, 9.17) is 10.1 Å². The van der Waals surface area contributed by atoms with Gasteiger partial charge in [0.05, 0.1) is 28.9 Å². The van der Waals surface area contributed by atoms with Crippen molar-refractivity contribution < 1.29 is 18.3 Å². The topological polar surface area (TPSA) is 127 Å². The van der Waals surface area contributed by atoms with Crippen molar-refractivity contribution in [3.63, 3.8) is 0 Å². The number of alkyl halides is 2. The molecule has 1 aromatic carbocycles. The Bertz CT molecular complexity index is 1470. The Morgan fingerprint density at radius 1 is 1.33 bits per heavy atom. The highest BCUT2D eigenvalue weighted by Gasteiger charge is 2.28. The summed E-state index contributed by atoms with van der Waals surface area (Å²) in [5.41, 5.74) is 0.443. The van der Waals surface area contributed by atoms with Crippen molar-refractivity contribution in [3.8, 4) is 6.07 Å². The zero-order chi connectivity index (χ0) is 28.1. The molecular formula is C27H29F2N7O3. The number of rotatable bonds is 9. The van der Waals surface area contributed by atoms with Gasteiger partial charge in [0.25, 0.3) is 12.0 Å². The number of carbonyl (C=O) groups is 1. The molecule has 0 radical (unpaired) electrons. The molecule has 39 heavy (non-hydrogen) atoms. The molecule has 1 aliphatic heterocycles. The van der Waals surface area contributed by atoms with Crippen molar-refractivity contribution in [3.05, 3.63) is 75.6 Å². The normalized spacial score (nSPS) is 18.5. The molecule has 4 rings (SSSR count). The minimum atomic E-state index is -2.71. The summed E-state index contributed by atoms with van der Waals surface area (Å²) in [5, 5.41) is 26.0. The Labute approximate surface area is 223 Å². The van der Waals surface area contributed by atoms with Crippen LogP contribution in [0.15, 0.2) is 64.3 Å². The number of fused-ring (bicyclic) bond motifs is 1. The van der Waals surface area contributed by atoms with Crippen LogP contribution in [-0.2, 0) is 22.6 Å². The van der Waals surface area contributed by atoms with E-state index in [0.29, 0.717) is 35.1 Å². The van der Waals surface area contributed by atoms with Gasteiger partial charge in [0.2, 0.25) is 5.91 Å². The average Bonchev–Trinajstić information content (AvgIpc) is 3.42. The van der Waals surface area contributed by atoms with Gasteiger partial charge in [-0.2, -0.15) is 10.4 Å². The number of carbonyl (C=O) groups excluding carboxylic acids is 1. The monoisotopic (exact) mass is 537 g/mol. The van der Waals surface area contributed by atoms with Crippen LogP contribution < -0.4 is 10.9 Å². The first kappa shape index (κ1) is 27.7. The van der Waals surface area contributed by atoms with Gasteiger partial charge >= 0.3 is 0 Å². The number of ether oxygens (including phenoxy) is 1. The molecule has 12 heteroatoms. The van der Waals surface area contributed by atoms with Gasteiger partial charge < -0.3 is 25.3 Å². The maximum Gasteiger partial charge on any atom is 0.275 e. The molecule has 0 unspecified atom stereocenters. The largest absolute Gasteiger partial charge is 0.486 e. The van der Waals surface area contributed by atoms with Crippen LogP contribution in [0.25, 0.3) is 10.8 Å². The van der Waals surface area contributed by atoms with E-state index in [1.54, 1.807) is 29.2 Å². The van der Waals surface area contributed by atoms with Crippen LogP contribution in [0.4, 0.5) is 8.78 Å². The molecule has 0 bridgehead atoms. The third-order valence-electron chi connectivity index (χ3n) is 6.64. The van der Waals surface area contributed by atoms with E-state index in [0.717, 1.165) is 6.42 Å². The van der Waals surface area contributed by atoms with Gasteiger partial charge in [-0.25, -0.2) is 13.5 Å². The summed E-state index contributed by atoms with van der Waals surface area (Å²) in [6.07, 6.45) is 2.23. The van der Waals surface area contributed by atoms with Crippen LogP contribution in [0.1, 0.15) is 12.1 Å². The summed E-state index contributed by atoms with van der Waals surface area (Å²) in [4.78, 5) is 29.9. The molecule has 2 heterocycles. The van der Waals surface area contributed by atoms with E-state index in [-0.39, 0.29) is 47.6 Å². The number of amides is 1. The van der Waals surface area contributed by atoms with E-state index in [1.807, 2.05) is 20.2 Å². The van der Waals surface area contributed by atoms with Crippen LogP contribution in [0.3, 0.4) is 0 Å². The van der Waals surface area contributed by atoms with E-state index in [2.05, 4.69) is 15.3 Å². The summed E-state index contributed by atoms with van der Waals surface area (Å²) in [5.74, 6) is -0.224. The van der Waals surface area contributed by atoms with E-state index in [1.165, 1.54) is 23.0 Å². The highest BCUT2D eigenvalue weighted by atomic mass is 19.3. The maximum atomic E-state index is 13.1. The lowest BCUT2D eigenvalue weighted by Gasteiger charge is -2.20. The Morgan fingerprint density at radius 3 is 2.74 bits per heavy atom. The Hall–Kier alpha value is -4.37. The van der Waals surface area contributed by atoms with Crippen LogP contribution in [0.2, 0.25) is 0 Å². The second-order valence-electron chi connectivity index (χ2n) is 9.48. The summed E-state index contributed by atoms with van der Waals surface area (Å²) in [6.45, 7) is 0.311. The Morgan fingerprint density at radius 2 is 2.08 bits per heavy atom. The minimum Gasteiger partial charge on any atom is -0.486 e. The second kappa shape index (κ2) is 12.0. The number of likely N-dealkylation sites (tertiary alicyclic amines) is 1. The van der Waals surface area contributed by atoms with Crippen LogP contribution in [0, 0.1) is 16.7 Å². The molecule has 1 aromatic heterocycles. The Balaban J connectivity index is 1.55. The van der Waals surface area contributed by atoms with Gasteiger partial charge in [-0.15, -0.1) is 0 Å². The molecular weight excluding hydrogens is 508 g/mol. The number of benzene rings is 1. The summed E-state index contributed by atoms with van der Waals surface area (Å²) in [7, 11) is 3.95. The highest BCUT2D eigenvalue weighted by molar-refractivity contribution is 6.10. The predicted molar refractivity (Wildman–Crippen MR) is 141 cm³/mol. The van der Waals surface area contributed by atoms with Crippen molar-refractivity contribution in [2.45, 2.75) is 32.0 Å². The fourth-order valence-electron chi connectivity index (χ4n) is 4.49. The van der Waals surface area contributed by atoms with Crippen molar-refractivity contribution in [2.24, 2.45) is 0 Å². The SMILES string of the molecule is CN(C)[C@H]1CCN(C(=O)Cn2nc(CN/C=C3/C=C(OCC(F)F)C(C#N)=CC3=N)c3ccccc3c2=O)C1. The van der Waals surface area contributed by atoms with Crippen LogP contribution >= 0.6 is 0 Å². The number of nitriles is 1. The lowest BCUT2D eigenvalue weighted by Crippen LogP contribution is -2.38. The van der Waals surface area contributed by atoms with Gasteiger partial charge in [0.1, 0.15) is 25.0 Å². The number of nitrogens with one attached hydrogen (secondary N) is 2. The number of halogens is 2. The molecule has 0 spiro atoms. The van der Waals surface area contributed by atoms with Crippen molar-refractivity contribution in [2.75, 3.05) is 33.8 Å². The van der Waals surface area contributed by atoms with E-state index in [9.17, 15) is 23.6 Å². The van der Waals surface area contributed by atoms with Crippen LogP contribution in [0.5, 0.6) is 0 Å². The van der Waals surface area contributed by atoms with Crippen molar-refractivity contribution in [1.29, 1.82) is 10.7 Å². The first-order valence-electron chi connectivity index (χ1n) is 12.4. The molecule has 1 amide bonds. The molecule has 1 atom stereocenters. The number of aromatic nitrogens is 2. The smallest absolute Gasteiger partial charge is 0.275 e. The highest BCUT2D eigenvalue weighted by Crippen LogP contribution is 2.22. The molecule has 2 aromatic rings. The number of hydrogen-bond donors (Lipinski definition) is 2. The molecule has 1 saturated heterocycles. The molecule has 10 nitrogen and oxygen atoms in total. The molecule has 204 valence electrons. The molecule has 1 fully saturated rings. The van der Waals surface area contributed by atoms with Gasteiger partial charge in [0.15, 0.2) is 0 Å². The number of nitrogens with zero attached hydrogens (tertiary/aromatic N) is 5. The summed E-state index contributed by atoms with van der Waals surface area (Å²) >= 11 is 0. The first-order valence-corrected chi connectivity index (χ1v) is 12.4. The van der Waals surface area contributed by atoms with Gasteiger partial charge in [-0.05, 0) is 38.7 Å². The van der Waals surface area contributed by atoms with Gasteiger partial charge in [-0.1, -0.05) is 18.2 Å². The minimum absolute atomic E-state index is 0.00141. The lowest BCUT2D eigenvalue weighted by molar-refractivity contribution is -0.131. The van der Waals surface area contributed by atoms with E-state index >= 15 is 0 Å². The maximum absolute atomic E-state index is 13.1. The zero-order valence-electron chi connectivity index (χ0n) is 21.7. The third kappa shape index (κ3) is 6.38. The average molecular weight is 538 g/mol. The first-order chi connectivity index (χ1) is 18.7. The van der Waals surface area contributed by atoms with Crippen LogP contribution in [-0.4, -0.2) is 77.5 Å². The van der Waals surface area contributed by atoms with Crippen molar-refractivity contribution in [1.82, 2.24) is 24.9 Å². The molecule has 2 aliphatic rings. The number of likely N-dealkylation sites (N-methyl/N-ethyl adjacent to an activating group) is 1. The number of hydrogen-bond acceptors (Lipinski definition) is 8. The zero-order valence-corrected chi connectivity index (χ0v) is 21.7. The van der Waals surface area contributed by atoms with Gasteiger partial charge in [0, 0.05) is 36.3 Å². The Kier molecular flexibility index (Phi) is 8.51. The second-order valence-corrected chi connectivity index (χ2v) is 9.48. The molecule has 2 N–H and O–H groups in total. The molecule has 0 saturated carbocycles. The lowest BCUT2D eigenvalue weighted by atomic mass is 10.00. The summed E-state index contributed by atoms with van der Waals surface area (Å²) < 4.78 is 31.4. The fraction of sp³-hybridized carbons (Fsp3) is 0.370.